The molecule has 0 saturated carbocycles. The van der Waals surface area contributed by atoms with Gasteiger partial charge >= 0.3 is 0 Å². The van der Waals surface area contributed by atoms with Crippen molar-refractivity contribution in [2.75, 3.05) is 0 Å². The predicted octanol–water partition coefficient (Wildman–Crippen LogP) is 3.62. The molecule has 2 atom stereocenters. The number of rotatable bonds is 5. The minimum Gasteiger partial charge on any atom is -0.364 e. The second-order valence-corrected chi connectivity index (χ2v) is 6.69. The molecule has 0 aliphatic rings. The Labute approximate surface area is 117 Å². The molecular formula is C17H21OP. The van der Waals surface area contributed by atoms with E-state index in [1.807, 2.05) is 30.3 Å². The van der Waals surface area contributed by atoms with Gasteiger partial charge in [0.1, 0.15) is 0 Å². The van der Waals surface area contributed by atoms with Crippen LogP contribution in [0, 0.1) is 5.92 Å². The third kappa shape index (κ3) is 3.89. The molecule has 1 unspecified atom stereocenters. The van der Waals surface area contributed by atoms with Crippen LogP contribution in [0.2, 0.25) is 0 Å². The average molecular weight is 272 g/mol. The van der Waals surface area contributed by atoms with E-state index in [0.29, 0.717) is 0 Å². The first-order chi connectivity index (χ1) is 9.20. The zero-order chi connectivity index (χ0) is 13.7. The SMILES string of the molecule is CC[C@@H](C)Cc1ccc(P(O)c2ccccc2)cc1. The second-order valence-electron chi connectivity index (χ2n) is 5.03. The van der Waals surface area contributed by atoms with Gasteiger partial charge in [0.15, 0.2) is 0 Å². The molecule has 1 N–H and O–H groups in total. The fourth-order valence-electron chi connectivity index (χ4n) is 2.04. The Bertz CT molecular complexity index is 492. The first-order valence-electron chi connectivity index (χ1n) is 6.83. The zero-order valence-corrected chi connectivity index (χ0v) is 12.5. The fraction of sp³-hybridized carbons (Fsp3) is 0.294. The van der Waals surface area contributed by atoms with Crippen molar-refractivity contribution in [3.05, 3.63) is 60.2 Å². The van der Waals surface area contributed by atoms with Gasteiger partial charge in [0.05, 0.1) is 8.15 Å². The predicted molar refractivity (Wildman–Crippen MR) is 84.4 cm³/mol. The van der Waals surface area contributed by atoms with Crippen molar-refractivity contribution >= 4 is 18.8 Å². The van der Waals surface area contributed by atoms with Crippen LogP contribution < -0.4 is 10.6 Å². The van der Waals surface area contributed by atoms with Crippen molar-refractivity contribution in [2.24, 2.45) is 5.92 Å². The maximum atomic E-state index is 10.4. The number of hydrogen-bond acceptors (Lipinski definition) is 1. The summed E-state index contributed by atoms with van der Waals surface area (Å²) in [5.74, 6) is 0.718. The highest BCUT2D eigenvalue weighted by Gasteiger charge is 2.10. The zero-order valence-electron chi connectivity index (χ0n) is 11.6. The summed E-state index contributed by atoms with van der Waals surface area (Å²) >= 11 is 0. The van der Waals surface area contributed by atoms with Gasteiger partial charge in [-0.15, -0.1) is 0 Å². The molecule has 0 aromatic heterocycles. The largest absolute Gasteiger partial charge is 0.364 e. The van der Waals surface area contributed by atoms with Gasteiger partial charge in [-0.25, -0.2) is 0 Å². The summed E-state index contributed by atoms with van der Waals surface area (Å²) in [5, 5.41) is 2.03. The Kier molecular flexibility index (Phi) is 5.13. The molecule has 2 rings (SSSR count). The molecule has 2 heteroatoms. The normalized spacial score (nSPS) is 14.1. The standard InChI is InChI=1S/C17H21OP/c1-3-14(2)13-15-9-11-17(12-10-15)19(18)16-7-5-4-6-8-16/h4-12,14,18H,3,13H2,1-2H3/t14-,19?/m1/s1. The van der Waals surface area contributed by atoms with E-state index in [1.165, 1.54) is 12.0 Å². The molecule has 0 amide bonds. The molecule has 2 aromatic carbocycles. The lowest BCUT2D eigenvalue weighted by atomic mass is 9.99. The Hall–Kier alpha value is -1.17. The molecule has 1 nitrogen and oxygen atoms in total. The molecule has 0 aliphatic carbocycles. The van der Waals surface area contributed by atoms with Gasteiger partial charge in [0, 0.05) is 10.6 Å². The van der Waals surface area contributed by atoms with Crippen LogP contribution in [0.25, 0.3) is 0 Å². The van der Waals surface area contributed by atoms with Crippen molar-refractivity contribution in [1.82, 2.24) is 0 Å². The second kappa shape index (κ2) is 6.84. The van der Waals surface area contributed by atoms with Gasteiger partial charge in [0.25, 0.3) is 0 Å². The summed E-state index contributed by atoms with van der Waals surface area (Å²) in [6.45, 7) is 4.50. The van der Waals surface area contributed by atoms with Crippen LogP contribution in [0.5, 0.6) is 0 Å². The van der Waals surface area contributed by atoms with Gasteiger partial charge in [0.2, 0.25) is 0 Å². The summed E-state index contributed by atoms with van der Waals surface area (Å²) in [6, 6.07) is 18.3. The van der Waals surface area contributed by atoms with Crippen molar-refractivity contribution in [3.63, 3.8) is 0 Å². The first kappa shape index (κ1) is 14.2. The lowest BCUT2D eigenvalue weighted by Crippen LogP contribution is -2.11. The summed E-state index contributed by atoms with van der Waals surface area (Å²) in [6.07, 6.45) is 2.32. The van der Waals surface area contributed by atoms with Gasteiger partial charge in [-0.2, -0.15) is 0 Å². The molecule has 0 fully saturated rings. The molecule has 0 radical (unpaired) electrons. The topological polar surface area (TPSA) is 20.2 Å². The van der Waals surface area contributed by atoms with Crippen molar-refractivity contribution in [2.45, 2.75) is 26.7 Å². The smallest absolute Gasteiger partial charge is 0.0877 e. The van der Waals surface area contributed by atoms with Crippen LogP contribution in [-0.2, 0) is 6.42 Å². The maximum Gasteiger partial charge on any atom is 0.0877 e. The third-order valence-corrected chi connectivity index (χ3v) is 5.04. The van der Waals surface area contributed by atoms with Crippen molar-refractivity contribution in [3.8, 4) is 0 Å². The van der Waals surface area contributed by atoms with Crippen molar-refractivity contribution in [1.29, 1.82) is 0 Å². The minimum atomic E-state index is -1.21. The summed E-state index contributed by atoms with van der Waals surface area (Å²) < 4.78 is 0. The Morgan fingerprint density at radius 1 is 0.947 bits per heavy atom. The lowest BCUT2D eigenvalue weighted by Gasteiger charge is -2.13. The van der Waals surface area contributed by atoms with Crippen LogP contribution in [0.4, 0.5) is 0 Å². The van der Waals surface area contributed by atoms with Gasteiger partial charge < -0.3 is 4.89 Å². The first-order valence-corrected chi connectivity index (χ1v) is 8.13. The van der Waals surface area contributed by atoms with Gasteiger partial charge in [-0.05, 0) is 17.9 Å². The van der Waals surface area contributed by atoms with E-state index >= 15 is 0 Å². The van der Waals surface area contributed by atoms with E-state index in [4.69, 9.17) is 0 Å². The molecule has 0 bridgehead atoms. The molecule has 2 aromatic rings. The number of benzene rings is 2. The van der Waals surface area contributed by atoms with Crippen LogP contribution >= 0.6 is 8.15 Å². The Balaban J connectivity index is 2.10. The third-order valence-electron chi connectivity index (χ3n) is 3.46. The molecule has 0 aliphatic heterocycles. The quantitative estimate of drug-likeness (QED) is 0.824. The van der Waals surface area contributed by atoms with Gasteiger partial charge in [-0.3, -0.25) is 0 Å². The van der Waals surface area contributed by atoms with Crippen LogP contribution in [-0.4, -0.2) is 4.89 Å². The van der Waals surface area contributed by atoms with Crippen molar-refractivity contribution < 1.29 is 4.89 Å². The van der Waals surface area contributed by atoms with E-state index in [1.54, 1.807) is 0 Å². The van der Waals surface area contributed by atoms with Crippen LogP contribution in [0.15, 0.2) is 54.6 Å². The fourth-order valence-corrected chi connectivity index (χ4v) is 3.22. The monoisotopic (exact) mass is 272 g/mol. The molecule has 0 saturated heterocycles. The summed E-state index contributed by atoms with van der Waals surface area (Å²) in [5.41, 5.74) is 1.36. The average Bonchev–Trinajstić information content (AvgIpc) is 2.48. The summed E-state index contributed by atoms with van der Waals surface area (Å²) in [7, 11) is -1.21. The van der Waals surface area contributed by atoms with E-state index in [2.05, 4.69) is 38.1 Å². The molecule has 0 heterocycles. The van der Waals surface area contributed by atoms with Crippen LogP contribution in [0.1, 0.15) is 25.8 Å². The number of hydrogen-bond donors (Lipinski definition) is 1. The van der Waals surface area contributed by atoms with E-state index in [0.717, 1.165) is 22.9 Å². The maximum absolute atomic E-state index is 10.4. The Morgan fingerprint density at radius 2 is 1.53 bits per heavy atom. The highest BCUT2D eigenvalue weighted by molar-refractivity contribution is 7.67. The van der Waals surface area contributed by atoms with E-state index < -0.39 is 8.15 Å². The molecule has 0 spiro atoms. The van der Waals surface area contributed by atoms with Crippen LogP contribution in [0.3, 0.4) is 0 Å². The summed E-state index contributed by atoms with van der Waals surface area (Å²) in [4.78, 5) is 10.4. The van der Waals surface area contributed by atoms with E-state index in [9.17, 15) is 4.89 Å². The highest BCUT2D eigenvalue weighted by Crippen LogP contribution is 2.27. The molecular weight excluding hydrogens is 251 g/mol. The van der Waals surface area contributed by atoms with E-state index in [-0.39, 0.29) is 0 Å². The molecule has 19 heavy (non-hydrogen) atoms. The lowest BCUT2D eigenvalue weighted by molar-refractivity contribution is 0.560. The molecule has 100 valence electrons. The highest BCUT2D eigenvalue weighted by atomic mass is 31.1. The minimum absolute atomic E-state index is 0.718. The Morgan fingerprint density at radius 3 is 2.11 bits per heavy atom. The van der Waals surface area contributed by atoms with Gasteiger partial charge in [-0.1, -0.05) is 74.9 Å².